The largest absolute Gasteiger partial charge is 0.345 e. The van der Waals surface area contributed by atoms with Crippen molar-refractivity contribution in [3.05, 3.63) is 82.7 Å². The molecule has 0 saturated carbocycles. The van der Waals surface area contributed by atoms with E-state index < -0.39 is 0 Å². The first-order valence-electron chi connectivity index (χ1n) is 8.63. The number of amides is 1. The van der Waals surface area contributed by atoms with Crippen LogP contribution in [0.15, 0.2) is 60.8 Å². The van der Waals surface area contributed by atoms with Crippen molar-refractivity contribution < 1.29 is 9.18 Å². The van der Waals surface area contributed by atoms with Gasteiger partial charge >= 0.3 is 0 Å². The summed E-state index contributed by atoms with van der Waals surface area (Å²) in [5.74, 6) is -0.384. The maximum absolute atomic E-state index is 13.1. The number of benzene rings is 2. The molecule has 0 fully saturated rings. The standard InChI is InChI=1S/C21H18FN3OS/c1-13(15-6-4-3-5-7-15)23-20(26)19-14(2)25-12-18(24-21(25)27-19)16-8-10-17(22)11-9-16/h3-13H,1-2H3,(H,23,26). The van der Waals surface area contributed by atoms with Crippen molar-refractivity contribution in [2.45, 2.75) is 19.9 Å². The molecule has 4 nitrogen and oxygen atoms in total. The van der Waals surface area contributed by atoms with Gasteiger partial charge < -0.3 is 5.32 Å². The number of aromatic nitrogens is 2. The Balaban J connectivity index is 1.59. The molecule has 0 radical (unpaired) electrons. The Morgan fingerprint density at radius 1 is 1.15 bits per heavy atom. The van der Waals surface area contributed by atoms with Crippen LogP contribution < -0.4 is 5.32 Å². The van der Waals surface area contributed by atoms with E-state index >= 15 is 0 Å². The number of imidazole rings is 1. The van der Waals surface area contributed by atoms with Gasteiger partial charge in [0.05, 0.1) is 11.7 Å². The Morgan fingerprint density at radius 2 is 1.85 bits per heavy atom. The summed E-state index contributed by atoms with van der Waals surface area (Å²) < 4.78 is 15.0. The molecule has 0 aliphatic heterocycles. The number of carbonyl (C=O) groups is 1. The second-order valence-corrected chi connectivity index (χ2v) is 7.39. The van der Waals surface area contributed by atoms with Gasteiger partial charge in [0.15, 0.2) is 4.96 Å². The minimum absolute atomic E-state index is 0.0812. The van der Waals surface area contributed by atoms with Gasteiger partial charge in [-0.2, -0.15) is 0 Å². The fourth-order valence-electron chi connectivity index (χ4n) is 3.01. The first-order chi connectivity index (χ1) is 13.0. The van der Waals surface area contributed by atoms with Crippen molar-refractivity contribution in [1.82, 2.24) is 14.7 Å². The van der Waals surface area contributed by atoms with E-state index in [2.05, 4.69) is 10.3 Å². The SMILES string of the molecule is Cc1c(C(=O)NC(C)c2ccccc2)sc2nc(-c3ccc(F)cc3)cn12. The van der Waals surface area contributed by atoms with Crippen molar-refractivity contribution in [3.8, 4) is 11.3 Å². The van der Waals surface area contributed by atoms with E-state index in [-0.39, 0.29) is 17.8 Å². The highest BCUT2D eigenvalue weighted by Gasteiger charge is 2.19. The molecule has 0 aliphatic carbocycles. The first-order valence-corrected chi connectivity index (χ1v) is 9.45. The minimum Gasteiger partial charge on any atom is -0.345 e. The molecule has 27 heavy (non-hydrogen) atoms. The van der Waals surface area contributed by atoms with Crippen LogP contribution in [0.4, 0.5) is 4.39 Å². The molecule has 0 saturated heterocycles. The predicted octanol–water partition coefficient (Wildman–Crippen LogP) is 5.00. The third kappa shape index (κ3) is 3.36. The molecule has 2 aromatic carbocycles. The number of nitrogens with one attached hydrogen (secondary N) is 1. The van der Waals surface area contributed by atoms with Crippen LogP contribution in [0.3, 0.4) is 0 Å². The van der Waals surface area contributed by atoms with Gasteiger partial charge in [-0.1, -0.05) is 41.7 Å². The second-order valence-electron chi connectivity index (χ2n) is 6.41. The molecule has 4 rings (SSSR count). The van der Waals surface area contributed by atoms with Crippen LogP contribution in [0, 0.1) is 12.7 Å². The number of carbonyl (C=O) groups excluding carboxylic acids is 1. The van der Waals surface area contributed by atoms with Crippen molar-refractivity contribution >= 4 is 22.2 Å². The predicted molar refractivity (Wildman–Crippen MR) is 106 cm³/mol. The lowest BCUT2D eigenvalue weighted by atomic mass is 10.1. The normalized spacial score (nSPS) is 12.3. The highest BCUT2D eigenvalue weighted by atomic mass is 32.1. The molecule has 1 N–H and O–H groups in total. The van der Waals surface area contributed by atoms with E-state index in [1.54, 1.807) is 12.1 Å². The maximum Gasteiger partial charge on any atom is 0.263 e. The van der Waals surface area contributed by atoms with Gasteiger partial charge in [-0.15, -0.1) is 0 Å². The summed E-state index contributed by atoms with van der Waals surface area (Å²) in [5, 5.41) is 3.05. The number of rotatable bonds is 4. The zero-order valence-corrected chi connectivity index (χ0v) is 15.8. The topological polar surface area (TPSA) is 46.4 Å². The van der Waals surface area contributed by atoms with Crippen LogP contribution in [-0.4, -0.2) is 15.3 Å². The Hall–Kier alpha value is -2.99. The van der Waals surface area contributed by atoms with Gasteiger partial charge in [0, 0.05) is 17.5 Å². The Morgan fingerprint density at radius 3 is 2.52 bits per heavy atom. The number of halogens is 1. The van der Waals surface area contributed by atoms with Gasteiger partial charge in [0.1, 0.15) is 10.7 Å². The average molecular weight is 379 g/mol. The summed E-state index contributed by atoms with van der Waals surface area (Å²) in [6.45, 7) is 3.87. The average Bonchev–Trinajstić information content (AvgIpc) is 3.22. The molecule has 1 unspecified atom stereocenters. The summed E-state index contributed by atoms with van der Waals surface area (Å²) in [5.41, 5.74) is 3.50. The summed E-state index contributed by atoms with van der Waals surface area (Å²) in [6, 6.07) is 16.0. The zero-order chi connectivity index (χ0) is 19.0. The summed E-state index contributed by atoms with van der Waals surface area (Å²) in [4.78, 5) is 18.7. The van der Waals surface area contributed by atoms with E-state index in [0.717, 1.165) is 27.5 Å². The van der Waals surface area contributed by atoms with Crippen molar-refractivity contribution in [2.24, 2.45) is 0 Å². The quantitative estimate of drug-likeness (QED) is 0.542. The third-order valence-corrected chi connectivity index (χ3v) is 5.71. The molecule has 2 heterocycles. The number of hydrogen-bond donors (Lipinski definition) is 1. The number of thiazole rings is 1. The molecule has 1 atom stereocenters. The minimum atomic E-state index is -0.276. The lowest BCUT2D eigenvalue weighted by Gasteiger charge is -2.13. The van der Waals surface area contributed by atoms with Crippen LogP contribution in [0.5, 0.6) is 0 Å². The Bertz CT molecular complexity index is 1100. The van der Waals surface area contributed by atoms with Crippen LogP contribution >= 0.6 is 11.3 Å². The fourth-order valence-corrected chi connectivity index (χ4v) is 4.02. The van der Waals surface area contributed by atoms with Crippen LogP contribution in [-0.2, 0) is 0 Å². The van der Waals surface area contributed by atoms with E-state index in [1.165, 1.54) is 23.5 Å². The van der Waals surface area contributed by atoms with Crippen molar-refractivity contribution in [3.63, 3.8) is 0 Å². The van der Waals surface area contributed by atoms with E-state index in [0.29, 0.717) is 4.88 Å². The molecule has 1 amide bonds. The molecule has 6 heteroatoms. The van der Waals surface area contributed by atoms with Gasteiger partial charge in [0.25, 0.3) is 5.91 Å². The van der Waals surface area contributed by atoms with Gasteiger partial charge in [-0.3, -0.25) is 9.20 Å². The van der Waals surface area contributed by atoms with Gasteiger partial charge in [-0.25, -0.2) is 9.37 Å². The van der Waals surface area contributed by atoms with E-state index in [1.807, 2.05) is 54.8 Å². The van der Waals surface area contributed by atoms with Crippen LogP contribution in [0.25, 0.3) is 16.2 Å². The maximum atomic E-state index is 13.1. The van der Waals surface area contributed by atoms with Crippen LogP contribution in [0.1, 0.15) is 33.9 Å². The molecule has 0 aliphatic rings. The Kier molecular flexibility index (Phi) is 4.49. The van der Waals surface area contributed by atoms with Gasteiger partial charge in [-0.05, 0) is 43.7 Å². The number of nitrogens with zero attached hydrogens (tertiary/aromatic N) is 2. The summed E-state index contributed by atoms with van der Waals surface area (Å²) in [6.07, 6.45) is 1.88. The smallest absolute Gasteiger partial charge is 0.263 e. The second kappa shape index (κ2) is 6.96. The third-order valence-electron chi connectivity index (χ3n) is 4.55. The highest BCUT2D eigenvalue weighted by molar-refractivity contribution is 7.19. The molecule has 0 bridgehead atoms. The number of hydrogen-bond acceptors (Lipinski definition) is 3. The van der Waals surface area contributed by atoms with Crippen molar-refractivity contribution in [2.75, 3.05) is 0 Å². The zero-order valence-electron chi connectivity index (χ0n) is 14.9. The Labute approximate surface area is 160 Å². The summed E-state index contributed by atoms with van der Waals surface area (Å²) >= 11 is 1.35. The molecule has 136 valence electrons. The van der Waals surface area contributed by atoms with E-state index in [9.17, 15) is 9.18 Å². The molecular weight excluding hydrogens is 361 g/mol. The lowest BCUT2D eigenvalue weighted by Crippen LogP contribution is -2.26. The van der Waals surface area contributed by atoms with Crippen LogP contribution in [0.2, 0.25) is 0 Å². The molecular formula is C21H18FN3OS. The summed E-state index contributed by atoms with van der Waals surface area (Å²) in [7, 11) is 0. The number of fused-ring (bicyclic) bond motifs is 1. The highest BCUT2D eigenvalue weighted by Crippen LogP contribution is 2.27. The molecule has 4 aromatic rings. The lowest BCUT2D eigenvalue weighted by molar-refractivity contribution is 0.0943. The molecule has 2 aromatic heterocycles. The molecule has 0 spiro atoms. The van der Waals surface area contributed by atoms with E-state index in [4.69, 9.17) is 0 Å². The first kappa shape index (κ1) is 17.4. The van der Waals surface area contributed by atoms with Gasteiger partial charge in [0.2, 0.25) is 0 Å². The van der Waals surface area contributed by atoms with Crippen molar-refractivity contribution in [1.29, 1.82) is 0 Å². The fraction of sp³-hybridized carbons (Fsp3) is 0.143. The number of aryl methyl sites for hydroxylation is 1. The monoisotopic (exact) mass is 379 g/mol.